The van der Waals surface area contributed by atoms with E-state index in [-0.39, 0.29) is 25.2 Å². The average molecular weight is 539 g/mol. The standard InChI is InChI=1S/C26H34O12/c1-10(2)20(31)37-26(34,35)21(32)25-16(36-22(33)38-25)7-13-11-5-6-12-18(29)19(30)15(28)8-23(12,3)17(11)14(27)9-24(13,25)4/h10-14,16-17,22,27,33-35H,5-9H2,1-4H3. The molecule has 12 heteroatoms. The number of carbonyl (C=O) groups excluding carboxylic acids is 5. The molecule has 1 saturated heterocycles. The minimum Gasteiger partial charge on any atom is -0.401 e. The van der Waals surface area contributed by atoms with Gasteiger partial charge in [-0.25, -0.2) is 0 Å². The van der Waals surface area contributed by atoms with Crippen LogP contribution in [0.2, 0.25) is 0 Å². The molecule has 0 aromatic heterocycles. The second-order valence-electron chi connectivity index (χ2n) is 12.4. The van der Waals surface area contributed by atoms with Crippen LogP contribution < -0.4 is 0 Å². The Kier molecular flexibility index (Phi) is 6.11. The Morgan fingerprint density at radius 2 is 1.76 bits per heavy atom. The Hall–Kier alpha value is -2.09. The Labute approximate surface area is 218 Å². The number of carbonyl (C=O) groups is 5. The van der Waals surface area contributed by atoms with Crippen LogP contribution in [0.15, 0.2) is 0 Å². The average Bonchev–Trinajstić information content (AvgIpc) is 3.26. The first-order valence-electron chi connectivity index (χ1n) is 13.0. The first-order valence-corrected chi connectivity index (χ1v) is 13.0. The molecular formula is C26H34O12. The molecule has 1 aliphatic heterocycles. The summed E-state index contributed by atoms with van der Waals surface area (Å²) in [7, 11) is 0. The van der Waals surface area contributed by atoms with E-state index < -0.39 is 93.9 Å². The molecule has 4 saturated carbocycles. The van der Waals surface area contributed by atoms with E-state index in [9.17, 15) is 44.4 Å². The van der Waals surface area contributed by atoms with Crippen LogP contribution in [0, 0.1) is 40.4 Å². The highest BCUT2D eigenvalue weighted by molar-refractivity contribution is 6.65. The molecule has 12 nitrogen and oxygen atoms in total. The number of fused-ring (bicyclic) bond motifs is 7. The van der Waals surface area contributed by atoms with Gasteiger partial charge >= 0.3 is 11.9 Å². The number of rotatable bonds is 4. The lowest BCUT2D eigenvalue weighted by Crippen LogP contribution is -2.68. The first kappa shape index (κ1) is 27.5. The number of aliphatic hydroxyl groups is 4. The molecule has 10 atom stereocenters. The van der Waals surface area contributed by atoms with Gasteiger partial charge in [-0.05, 0) is 48.9 Å². The van der Waals surface area contributed by atoms with Crippen LogP contribution in [0.4, 0.5) is 0 Å². The molecule has 0 aromatic rings. The van der Waals surface area contributed by atoms with Gasteiger partial charge in [0.25, 0.3) is 18.0 Å². The van der Waals surface area contributed by atoms with Crippen molar-refractivity contribution >= 4 is 29.1 Å². The summed E-state index contributed by atoms with van der Waals surface area (Å²) in [6.07, 6.45) is -1.80. The fraction of sp³-hybridized carbons (Fsp3) is 0.808. The van der Waals surface area contributed by atoms with Crippen molar-refractivity contribution in [3.05, 3.63) is 0 Å². The van der Waals surface area contributed by atoms with E-state index in [0.717, 1.165) is 0 Å². The van der Waals surface area contributed by atoms with E-state index in [4.69, 9.17) is 14.2 Å². The summed E-state index contributed by atoms with van der Waals surface area (Å²) in [5.41, 5.74) is -4.49. The second-order valence-corrected chi connectivity index (χ2v) is 12.4. The molecule has 210 valence electrons. The number of hydrogen-bond donors (Lipinski definition) is 4. The molecule has 5 fully saturated rings. The van der Waals surface area contributed by atoms with Crippen molar-refractivity contribution in [1.29, 1.82) is 0 Å². The molecule has 0 spiro atoms. The zero-order valence-corrected chi connectivity index (χ0v) is 21.7. The van der Waals surface area contributed by atoms with E-state index in [0.29, 0.717) is 12.8 Å². The monoisotopic (exact) mass is 538 g/mol. The van der Waals surface area contributed by atoms with E-state index in [1.165, 1.54) is 13.8 Å². The number of ether oxygens (including phenoxy) is 3. The minimum atomic E-state index is -3.60. The Balaban J connectivity index is 1.55. The van der Waals surface area contributed by atoms with Crippen molar-refractivity contribution in [3.8, 4) is 0 Å². The predicted molar refractivity (Wildman–Crippen MR) is 122 cm³/mol. The molecule has 5 aliphatic rings. The fourth-order valence-electron chi connectivity index (χ4n) is 8.67. The lowest BCUT2D eigenvalue weighted by Gasteiger charge is -2.61. The fourth-order valence-corrected chi connectivity index (χ4v) is 8.67. The van der Waals surface area contributed by atoms with Gasteiger partial charge in [0.15, 0.2) is 5.60 Å². The number of aliphatic hydroxyl groups excluding tert-OH is 2. The van der Waals surface area contributed by atoms with E-state index in [1.807, 2.05) is 0 Å². The van der Waals surface area contributed by atoms with Gasteiger partial charge in [-0.1, -0.05) is 27.7 Å². The van der Waals surface area contributed by atoms with E-state index >= 15 is 0 Å². The molecule has 38 heavy (non-hydrogen) atoms. The zero-order chi connectivity index (χ0) is 28.2. The number of esters is 1. The molecule has 4 aliphatic carbocycles. The predicted octanol–water partition coefficient (Wildman–Crippen LogP) is -0.626. The molecule has 0 radical (unpaired) electrons. The summed E-state index contributed by atoms with van der Waals surface area (Å²) < 4.78 is 15.9. The van der Waals surface area contributed by atoms with Gasteiger partial charge in [0.05, 0.1) is 12.0 Å². The van der Waals surface area contributed by atoms with Gasteiger partial charge in [0, 0.05) is 17.8 Å². The van der Waals surface area contributed by atoms with Crippen molar-refractivity contribution in [3.63, 3.8) is 0 Å². The van der Waals surface area contributed by atoms with Crippen molar-refractivity contribution < 1.29 is 58.6 Å². The van der Waals surface area contributed by atoms with Crippen LogP contribution in [0.1, 0.15) is 59.8 Å². The van der Waals surface area contributed by atoms with Gasteiger partial charge in [-0.2, -0.15) is 0 Å². The molecule has 1 heterocycles. The van der Waals surface area contributed by atoms with Crippen LogP contribution in [-0.2, 0) is 38.2 Å². The van der Waals surface area contributed by atoms with Crippen LogP contribution in [0.5, 0.6) is 0 Å². The number of hydrogen-bond acceptors (Lipinski definition) is 12. The summed E-state index contributed by atoms with van der Waals surface area (Å²) in [6, 6.07) is 0. The highest BCUT2D eigenvalue weighted by Gasteiger charge is 2.79. The van der Waals surface area contributed by atoms with E-state index in [1.54, 1.807) is 13.8 Å². The molecule has 0 bridgehead atoms. The van der Waals surface area contributed by atoms with Crippen molar-refractivity contribution in [1.82, 2.24) is 0 Å². The van der Waals surface area contributed by atoms with Gasteiger partial charge in [-0.15, -0.1) is 0 Å². The maximum absolute atomic E-state index is 13.8. The lowest BCUT2D eigenvalue weighted by atomic mass is 9.43. The molecule has 5 rings (SSSR count). The van der Waals surface area contributed by atoms with Gasteiger partial charge < -0.3 is 34.6 Å². The van der Waals surface area contributed by atoms with Crippen LogP contribution >= 0.6 is 0 Å². The third-order valence-electron chi connectivity index (χ3n) is 10.2. The minimum absolute atomic E-state index is 0.128. The normalized spacial score (nSPS) is 46.3. The Morgan fingerprint density at radius 1 is 1.11 bits per heavy atom. The largest absolute Gasteiger partial charge is 0.401 e. The lowest BCUT2D eigenvalue weighted by molar-refractivity contribution is -0.317. The van der Waals surface area contributed by atoms with Gasteiger partial charge in [0.2, 0.25) is 11.6 Å². The van der Waals surface area contributed by atoms with Gasteiger partial charge in [0.1, 0.15) is 6.10 Å². The summed E-state index contributed by atoms with van der Waals surface area (Å²) in [6.45, 7) is 4.39. The third-order valence-corrected chi connectivity index (χ3v) is 10.2. The number of Topliss-reactive ketones (excluding diaryl/α,β-unsaturated/α-hetero) is 4. The first-order chi connectivity index (χ1) is 17.5. The highest BCUT2D eigenvalue weighted by atomic mass is 16.8. The smallest absolute Gasteiger partial charge is 0.391 e. The molecule has 0 amide bonds. The van der Waals surface area contributed by atoms with Crippen LogP contribution in [-0.4, -0.2) is 79.8 Å². The third kappa shape index (κ3) is 3.40. The van der Waals surface area contributed by atoms with Crippen LogP contribution in [0.25, 0.3) is 0 Å². The Bertz CT molecular complexity index is 1110. The second kappa shape index (κ2) is 8.45. The number of ketones is 4. The topological polar surface area (TPSA) is 194 Å². The maximum atomic E-state index is 13.8. The molecule has 10 unspecified atom stereocenters. The molecular weight excluding hydrogens is 504 g/mol. The summed E-state index contributed by atoms with van der Waals surface area (Å²) in [5.74, 6) is -11.4. The summed E-state index contributed by atoms with van der Waals surface area (Å²) in [4.78, 5) is 63.3. The highest BCUT2D eigenvalue weighted by Crippen LogP contribution is 2.70. The van der Waals surface area contributed by atoms with Crippen molar-refractivity contribution in [2.24, 2.45) is 40.4 Å². The quantitative estimate of drug-likeness (QED) is 0.201. The van der Waals surface area contributed by atoms with Crippen molar-refractivity contribution in [2.45, 2.75) is 90.1 Å². The van der Waals surface area contributed by atoms with Crippen LogP contribution in [0.3, 0.4) is 0 Å². The van der Waals surface area contributed by atoms with Gasteiger partial charge in [-0.3, -0.25) is 24.0 Å². The molecule has 0 aromatic carbocycles. The SMILES string of the molecule is CC(C)C(=O)OC(O)(O)C(=O)C12OC(O)OC1CC1C3CCC4C(=O)C(=O)C(=O)CC4(C)C3C(O)CC12C. The zero-order valence-electron chi connectivity index (χ0n) is 21.7. The summed E-state index contributed by atoms with van der Waals surface area (Å²) in [5, 5.41) is 43.1. The Morgan fingerprint density at radius 3 is 2.39 bits per heavy atom. The van der Waals surface area contributed by atoms with E-state index in [2.05, 4.69) is 0 Å². The molecule has 4 N–H and O–H groups in total. The van der Waals surface area contributed by atoms with Crippen molar-refractivity contribution in [2.75, 3.05) is 0 Å². The maximum Gasteiger partial charge on any atom is 0.391 e. The summed E-state index contributed by atoms with van der Waals surface area (Å²) >= 11 is 0.